The van der Waals surface area contributed by atoms with Gasteiger partial charge in [0.15, 0.2) is 11.5 Å². The molecule has 0 heterocycles. The molecule has 0 spiro atoms. The van der Waals surface area contributed by atoms with Gasteiger partial charge in [-0.2, -0.15) is 0 Å². The molecule has 3 rings (SSSR count). The number of ether oxygens (including phenoxy) is 2. The number of nitrogens with two attached hydrogens (primary N) is 1. The van der Waals surface area contributed by atoms with Crippen LogP contribution >= 0.6 is 0 Å². The average Bonchev–Trinajstić information content (AvgIpc) is 2.73. The highest BCUT2D eigenvalue weighted by atomic mass is 16.5. The van der Waals surface area contributed by atoms with Crippen LogP contribution in [0.1, 0.15) is 11.1 Å². The van der Waals surface area contributed by atoms with E-state index in [-0.39, 0.29) is 0 Å². The number of rotatable bonds is 6. The highest BCUT2D eigenvalue weighted by Gasteiger charge is 2.10. The lowest BCUT2D eigenvalue weighted by Crippen LogP contribution is -2.29. The monoisotopic (exact) mass is 359 g/mol. The molecule has 0 saturated carbocycles. The third kappa shape index (κ3) is 4.39. The summed E-state index contributed by atoms with van der Waals surface area (Å²) in [5.74, 6) is 1.41. The summed E-state index contributed by atoms with van der Waals surface area (Å²) in [7, 11) is 3.31. The molecule has 0 aliphatic carbocycles. The molecule has 3 nitrogen and oxygen atoms in total. The lowest BCUT2D eigenvalue weighted by atomic mass is 9.95. The van der Waals surface area contributed by atoms with E-state index >= 15 is 0 Å². The van der Waals surface area contributed by atoms with Crippen LogP contribution in [0.4, 0.5) is 0 Å². The zero-order valence-corrected chi connectivity index (χ0v) is 15.8. The summed E-state index contributed by atoms with van der Waals surface area (Å²) < 4.78 is 11.0. The Hall–Kier alpha value is -3.04. The van der Waals surface area contributed by atoms with Crippen LogP contribution in [-0.2, 0) is 6.42 Å². The van der Waals surface area contributed by atoms with Crippen LogP contribution in [0, 0.1) is 0 Å². The molecule has 27 heavy (non-hydrogen) atoms. The van der Waals surface area contributed by atoms with Crippen molar-refractivity contribution >= 4 is 11.6 Å². The molecule has 2 N–H and O–H groups in total. The van der Waals surface area contributed by atoms with Crippen molar-refractivity contribution in [1.29, 1.82) is 0 Å². The molecular formula is C24H25NO2. The van der Waals surface area contributed by atoms with E-state index in [2.05, 4.69) is 48.5 Å². The number of hydrogen-bond donors (Lipinski definition) is 1. The minimum absolute atomic E-state index is 0.454. The second kappa shape index (κ2) is 9.06. The number of benzene rings is 3. The van der Waals surface area contributed by atoms with Gasteiger partial charge in [-0.3, -0.25) is 0 Å². The van der Waals surface area contributed by atoms with Gasteiger partial charge in [0.25, 0.3) is 0 Å². The van der Waals surface area contributed by atoms with Gasteiger partial charge in [0.1, 0.15) is 0 Å². The molecule has 0 fully saturated rings. The van der Waals surface area contributed by atoms with Gasteiger partial charge in [-0.25, -0.2) is 0 Å². The van der Waals surface area contributed by atoms with E-state index in [1.165, 1.54) is 16.7 Å². The summed E-state index contributed by atoms with van der Waals surface area (Å²) in [6.07, 6.45) is 2.83. The average molecular weight is 359 g/mol. The maximum absolute atomic E-state index is 5.85. The fraction of sp³-hybridized carbons (Fsp3) is 0.167. The third-order valence-corrected chi connectivity index (χ3v) is 4.56. The number of hydrogen-bond acceptors (Lipinski definition) is 3. The van der Waals surface area contributed by atoms with Crippen LogP contribution < -0.4 is 25.6 Å². The fourth-order valence-corrected chi connectivity index (χ4v) is 3.24. The second-order valence-electron chi connectivity index (χ2n) is 6.24. The maximum Gasteiger partial charge on any atom is 0.161 e. The summed E-state index contributed by atoms with van der Waals surface area (Å²) in [5, 5.41) is 2.15. The molecule has 0 saturated heterocycles. The van der Waals surface area contributed by atoms with Gasteiger partial charge in [-0.1, -0.05) is 66.7 Å². The van der Waals surface area contributed by atoms with E-state index in [9.17, 15) is 0 Å². The Morgan fingerprint density at radius 3 is 2.04 bits per heavy atom. The minimum Gasteiger partial charge on any atom is -0.493 e. The zero-order valence-electron chi connectivity index (χ0n) is 15.8. The molecule has 0 amide bonds. The van der Waals surface area contributed by atoms with Crippen LogP contribution in [-0.4, -0.2) is 20.8 Å². The van der Waals surface area contributed by atoms with Crippen molar-refractivity contribution in [1.82, 2.24) is 0 Å². The quantitative estimate of drug-likeness (QED) is 0.736. The Morgan fingerprint density at radius 1 is 0.852 bits per heavy atom. The van der Waals surface area contributed by atoms with Gasteiger partial charge in [0, 0.05) is 6.54 Å². The third-order valence-electron chi connectivity index (χ3n) is 4.56. The fourth-order valence-electron chi connectivity index (χ4n) is 3.24. The SMILES string of the molecule is COc1cc(=C/CN)/c(=C(\Cc2ccccc2)c2ccccc2)cc1OC. The Kier molecular flexibility index (Phi) is 6.29. The Balaban J connectivity index is 2.35. The first-order valence-corrected chi connectivity index (χ1v) is 9.01. The van der Waals surface area contributed by atoms with E-state index in [4.69, 9.17) is 15.2 Å². The zero-order chi connectivity index (χ0) is 19.1. The molecule has 138 valence electrons. The van der Waals surface area contributed by atoms with Gasteiger partial charge < -0.3 is 15.2 Å². The predicted molar refractivity (Wildman–Crippen MR) is 111 cm³/mol. The molecule has 0 atom stereocenters. The minimum atomic E-state index is 0.454. The summed E-state index contributed by atoms with van der Waals surface area (Å²) in [6, 6.07) is 25.0. The highest BCUT2D eigenvalue weighted by Crippen LogP contribution is 2.23. The van der Waals surface area contributed by atoms with Gasteiger partial charge >= 0.3 is 0 Å². The molecule has 0 aliphatic rings. The van der Waals surface area contributed by atoms with Gasteiger partial charge in [0.05, 0.1) is 14.2 Å². The summed E-state index contributed by atoms with van der Waals surface area (Å²) in [4.78, 5) is 0. The molecule has 0 bridgehead atoms. The summed E-state index contributed by atoms with van der Waals surface area (Å²) >= 11 is 0. The first-order valence-electron chi connectivity index (χ1n) is 9.01. The van der Waals surface area contributed by atoms with E-state index < -0.39 is 0 Å². The predicted octanol–water partition coefficient (Wildman–Crippen LogP) is 2.88. The van der Waals surface area contributed by atoms with Crippen molar-refractivity contribution < 1.29 is 9.47 Å². The normalized spacial score (nSPS) is 12.6. The first kappa shape index (κ1) is 18.7. The van der Waals surface area contributed by atoms with Gasteiger partial charge in [0.2, 0.25) is 0 Å². The number of methoxy groups -OCH3 is 2. The van der Waals surface area contributed by atoms with Crippen molar-refractivity contribution in [2.24, 2.45) is 5.73 Å². The standard InChI is InChI=1S/C24H25NO2/c1-26-23-16-20(13-14-25)22(17-24(23)27-2)21(19-11-7-4-8-12-19)15-18-9-5-3-6-10-18/h3-13,16-17H,14-15,25H2,1-2H3/b20-13-,22-21+. The van der Waals surface area contributed by atoms with Crippen molar-refractivity contribution in [2.45, 2.75) is 6.42 Å². The van der Waals surface area contributed by atoms with E-state index in [1.54, 1.807) is 14.2 Å². The first-order chi connectivity index (χ1) is 13.3. The summed E-state index contributed by atoms with van der Waals surface area (Å²) in [6.45, 7) is 0.454. The molecular weight excluding hydrogens is 334 g/mol. The molecule has 3 aromatic rings. The van der Waals surface area contributed by atoms with Crippen LogP contribution in [0.3, 0.4) is 0 Å². The van der Waals surface area contributed by atoms with Gasteiger partial charge in [-0.05, 0) is 45.7 Å². The van der Waals surface area contributed by atoms with E-state index in [0.29, 0.717) is 18.0 Å². The van der Waals surface area contributed by atoms with Crippen LogP contribution in [0.15, 0.2) is 72.8 Å². The molecule has 3 aromatic carbocycles. The van der Waals surface area contributed by atoms with Crippen LogP contribution in [0.25, 0.3) is 11.6 Å². The Labute approximate surface area is 160 Å². The Morgan fingerprint density at radius 2 is 1.44 bits per heavy atom. The van der Waals surface area contributed by atoms with Crippen molar-refractivity contribution in [3.8, 4) is 11.5 Å². The largest absolute Gasteiger partial charge is 0.493 e. The maximum atomic E-state index is 5.85. The van der Waals surface area contributed by atoms with Crippen LogP contribution in [0.5, 0.6) is 11.5 Å². The second-order valence-corrected chi connectivity index (χ2v) is 6.24. The Bertz CT molecular complexity index is 996. The van der Waals surface area contributed by atoms with E-state index in [1.807, 2.05) is 30.3 Å². The topological polar surface area (TPSA) is 44.5 Å². The lowest BCUT2D eigenvalue weighted by Gasteiger charge is -2.13. The van der Waals surface area contributed by atoms with Crippen molar-refractivity contribution in [2.75, 3.05) is 20.8 Å². The van der Waals surface area contributed by atoms with Crippen LogP contribution in [0.2, 0.25) is 0 Å². The lowest BCUT2D eigenvalue weighted by molar-refractivity contribution is 0.354. The molecule has 0 radical (unpaired) electrons. The molecule has 0 aliphatic heterocycles. The highest BCUT2D eigenvalue weighted by molar-refractivity contribution is 5.69. The van der Waals surface area contributed by atoms with Crippen molar-refractivity contribution in [3.05, 3.63) is 94.4 Å². The molecule has 0 aromatic heterocycles. The molecule has 0 unspecified atom stereocenters. The summed E-state index contributed by atoms with van der Waals surface area (Å²) in [5.41, 5.74) is 9.51. The van der Waals surface area contributed by atoms with Crippen molar-refractivity contribution in [3.63, 3.8) is 0 Å². The molecule has 3 heteroatoms. The smallest absolute Gasteiger partial charge is 0.161 e. The van der Waals surface area contributed by atoms with E-state index in [0.717, 1.165) is 16.9 Å². The van der Waals surface area contributed by atoms with Gasteiger partial charge in [-0.15, -0.1) is 0 Å².